The standard InChI is InChI=1S/C26H35Cl/c1-3-5-7-8-9-10-12-23-17-19-25(20-18-23)26(27)21-24-15-13-22(14-16-24)11-6-4-2/h13-21H,3-12H2,1-2H3/b26-21-. The molecule has 0 heterocycles. The van der Waals surface area contributed by atoms with Crippen LogP contribution >= 0.6 is 11.6 Å². The zero-order valence-electron chi connectivity index (χ0n) is 17.1. The molecule has 0 aromatic heterocycles. The van der Waals surface area contributed by atoms with Gasteiger partial charge in [0.05, 0.1) is 0 Å². The summed E-state index contributed by atoms with van der Waals surface area (Å²) in [5, 5.41) is 0.808. The minimum Gasteiger partial charge on any atom is -0.0837 e. The first-order valence-electron chi connectivity index (χ1n) is 10.8. The second kappa shape index (κ2) is 12.8. The Kier molecular flexibility index (Phi) is 10.3. The largest absolute Gasteiger partial charge is 0.0837 e. The van der Waals surface area contributed by atoms with E-state index in [0.29, 0.717) is 0 Å². The summed E-state index contributed by atoms with van der Waals surface area (Å²) in [7, 11) is 0. The molecule has 0 saturated carbocycles. The first-order valence-corrected chi connectivity index (χ1v) is 11.2. The van der Waals surface area contributed by atoms with Crippen LogP contribution in [-0.4, -0.2) is 0 Å². The summed E-state index contributed by atoms with van der Waals surface area (Å²) in [5.41, 5.74) is 5.08. The van der Waals surface area contributed by atoms with Gasteiger partial charge in [0.15, 0.2) is 0 Å². The van der Waals surface area contributed by atoms with Crippen LogP contribution in [0.5, 0.6) is 0 Å². The lowest BCUT2D eigenvalue weighted by atomic mass is 10.0. The first-order chi connectivity index (χ1) is 13.2. The van der Waals surface area contributed by atoms with Crippen LogP contribution in [0.15, 0.2) is 48.5 Å². The molecule has 2 rings (SSSR count). The fourth-order valence-electron chi connectivity index (χ4n) is 3.33. The van der Waals surface area contributed by atoms with E-state index in [-0.39, 0.29) is 0 Å². The minimum atomic E-state index is 0.808. The highest BCUT2D eigenvalue weighted by atomic mass is 35.5. The number of halogens is 1. The molecule has 0 aliphatic rings. The maximum Gasteiger partial charge on any atom is 0.0484 e. The fourth-order valence-corrected chi connectivity index (χ4v) is 3.58. The van der Waals surface area contributed by atoms with Crippen molar-refractivity contribution in [1.29, 1.82) is 0 Å². The molecule has 0 atom stereocenters. The van der Waals surface area contributed by atoms with Crippen molar-refractivity contribution in [2.24, 2.45) is 0 Å². The molecule has 0 nitrogen and oxygen atoms in total. The normalized spacial score (nSPS) is 11.7. The van der Waals surface area contributed by atoms with Crippen molar-refractivity contribution in [1.82, 2.24) is 0 Å². The van der Waals surface area contributed by atoms with Crippen LogP contribution in [0.2, 0.25) is 0 Å². The molecule has 2 aromatic carbocycles. The smallest absolute Gasteiger partial charge is 0.0484 e. The maximum absolute atomic E-state index is 6.55. The van der Waals surface area contributed by atoms with E-state index in [9.17, 15) is 0 Å². The van der Waals surface area contributed by atoms with Crippen LogP contribution in [0.25, 0.3) is 11.1 Å². The molecule has 0 amide bonds. The number of aryl methyl sites for hydroxylation is 2. The zero-order valence-corrected chi connectivity index (χ0v) is 17.9. The Morgan fingerprint density at radius 3 is 1.81 bits per heavy atom. The Hall–Kier alpha value is -1.53. The van der Waals surface area contributed by atoms with E-state index in [0.717, 1.165) is 22.6 Å². The van der Waals surface area contributed by atoms with Crippen molar-refractivity contribution in [3.05, 3.63) is 70.8 Å². The predicted molar refractivity (Wildman–Crippen MR) is 122 cm³/mol. The molecular weight excluding hydrogens is 348 g/mol. The third-order valence-corrected chi connectivity index (χ3v) is 5.47. The number of unbranched alkanes of at least 4 members (excludes halogenated alkanes) is 6. The molecule has 146 valence electrons. The number of hydrogen-bond donors (Lipinski definition) is 0. The highest BCUT2D eigenvalue weighted by Crippen LogP contribution is 2.23. The lowest BCUT2D eigenvalue weighted by Gasteiger charge is -2.05. The van der Waals surface area contributed by atoms with Gasteiger partial charge in [0.1, 0.15) is 0 Å². The molecule has 0 bridgehead atoms. The Labute approximate surface area is 171 Å². The van der Waals surface area contributed by atoms with E-state index in [2.05, 4.69) is 68.5 Å². The average Bonchev–Trinajstić information content (AvgIpc) is 2.70. The summed E-state index contributed by atoms with van der Waals surface area (Å²) < 4.78 is 0. The van der Waals surface area contributed by atoms with Gasteiger partial charge in [-0.25, -0.2) is 0 Å². The van der Waals surface area contributed by atoms with Crippen molar-refractivity contribution < 1.29 is 0 Å². The van der Waals surface area contributed by atoms with Crippen molar-refractivity contribution in [3.8, 4) is 0 Å². The summed E-state index contributed by atoms with van der Waals surface area (Å²) in [6, 6.07) is 17.5. The number of benzene rings is 2. The second-order valence-electron chi connectivity index (χ2n) is 7.55. The van der Waals surface area contributed by atoms with Gasteiger partial charge in [-0.15, -0.1) is 0 Å². The van der Waals surface area contributed by atoms with Gasteiger partial charge in [-0.05, 0) is 54.0 Å². The molecule has 0 spiro atoms. The molecular formula is C26H35Cl. The fraction of sp³-hybridized carbons (Fsp3) is 0.462. The quantitative estimate of drug-likeness (QED) is 0.254. The Balaban J connectivity index is 1.85. The van der Waals surface area contributed by atoms with E-state index < -0.39 is 0 Å². The van der Waals surface area contributed by atoms with Crippen molar-refractivity contribution >= 4 is 22.7 Å². The van der Waals surface area contributed by atoms with Gasteiger partial charge >= 0.3 is 0 Å². The zero-order chi connectivity index (χ0) is 19.3. The molecule has 2 aromatic rings. The molecule has 0 radical (unpaired) electrons. The monoisotopic (exact) mass is 382 g/mol. The van der Waals surface area contributed by atoms with E-state index >= 15 is 0 Å². The topological polar surface area (TPSA) is 0 Å². The third-order valence-electron chi connectivity index (χ3n) is 5.14. The van der Waals surface area contributed by atoms with Gasteiger partial charge in [-0.1, -0.05) is 113 Å². The summed E-state index contributed by atoms with van der Waals surface area (Å²) >= 11 is 6.55. The SMILES string of the molecule is CCCCCCCCc1ccc(/C(Cl)=C/c2ccc(CCCC)cc2)cc1. The van der Waals surface area contributed by atoms with E-state index in [1.807, 2.05) is 0 Å². The maximum atomic E-state index is 6.55. The van der Waals surface area contributed by atoms with Gasteiger partial charge in [-0.3, -0.25) is 0 Å². The minimum absolute atomic E-state index is 0.808. The molecule has 0 fully saturated rings. The predicted octanol–water partition coefficient (Wildman–Crippen LogP) is 8.67. The van der Waals surface area contributed by atoms with Gasteiger partial charge in [-0.2, -0.15) is 0 Å². The highest BCUT2D eigenvalue weighted by molar-refractivity contribution is 6.51. The van der Waals surface area contributed by atoms with Crippen LogP contribution in [0.4, 0.5) is 0 Å². The lowest BCUT2D eigenvalue weighted by Crippen LogP contribution is -1.87. The molecule has 0 saturated heterocycles. The van der Waals surface area contributed by atoms with Crippen LogP contribution in [-0.2, 0) is 12.8 Å². The lowest BCUT2D eigenvalue weighted by molar-refractivity contribution is 0.607. The van der Waals surface area contributed by atoms with Crippen molar-refractivity contribution in [2.75, 3.05) is 0 Å². The number of hydrogen-bond acceptors (Lipinski definition) is 0. The van der Waals surface area contributed by atoms with E-state index in [4.69, 9.17) is 11.6 Å². The highest BCUT2D eigenvalue weighted by Gasteiger charge is 2.01. The Bertz CT molecular complexity index is 664. The summed E-state index contributed by atoms with van der Waals surface area (Å²) in [5.74, 6) is 0. The molecule has 0 aliphatic carbocycles. The average molecular weight is 383 g/mol. The van der Waals surface area contributed by atoms with Crippen molar-refractivity contribution in [2.45, 2.75) is 78.1 Å². The summed E-state index contributed by atoms with van der Waals surface area (Å²) in [4.78, 5) is 0. The van der Waals surface area contributed by atoms with E-state index in [1.165, 1.54) is 68.9 Å². The van der Waals surface area contributed by atoms with E-state index in [1.54, 1.807) is 0 Å². The van der Waals surface area contributed by atoms with Crippen LogP contribution < -0.4 is 0 Å². The molecule has 0 unspecified atom stereocenters. The molecule has 27 heavy (non-hydrogen) atoms. The summed E-state index contributed by atoms with van der Waals surface area (Å²) in [6.45, 7) is 4.50. The Morgan fingerprint density at radius 2 is 1.19 bits per heavy atom. The van der Waals surface area contributed by atoms with Crippen LogP contribution in [0, 0.1) is 0 Å². The molecule has 0 N–H and O–H groups in total. The second-order valence-corrected chi connectivity index (χ2v) is 7.96. The first kappa shape index (κ1) is 21.8. The molecule has 1 heteroatoms. The third kappa shape index (κ3) is 8.35. The van der Waals surface area contributed by atoms with Gasteiger partial charge < -0.3 is 0 Å². The van der Waals surface area contributed by atoms with Crippen LogP contribution in [0.1, 0.15) is 87.5 Å². The number of rotatable bonds is 12. The molecule has 0 aliphatic heterocycles. The Morgan fingerprint density at radius 1 is 0.667 bits per heavy atom. The van der Waals surface area contributed by atoms with Gasteiger partial charge in [0.2, 0.25) is 0 Å². The van der Waals surface area contributed by atoms with Gasteiger partial charge in [0, 0.05) is 5.03 Å². The van der Waals surface area contributed by atoms with Gasteiger partial charge in [0.25, 0.3) is 0 Å². The summed E-state index contributed by atoms with van der Waals surface area (Å²) in [6.07, 6.45) is 15.0. The van der Waals surface area contributed by atoms with Crippen molar-refractivity contribution in [3.63, 3.8) is 0 Å². The van der Waals surface area contributed by atoms with Crippen LogP contribution in [0.3, 0.4) is 0 Å².